The highest BCUT2D eigenvalue weighted by atomic mass is 16.5. The molecular weight excluding hydrogens is 424 g/mol. The van der Waals surface area contributed by atoms with Gasteiger partial charge in [-0.15, -0.1) is 0 Å². The third-order valence-electron chi connectivity index (χ3n) is 5.54. The van der Waals surface area contributed by atoms with Crippen molar-refractivity contribution >= 4 is 11.0 Å². The second-order valence-corrected chi connectivity index (χ2v) is 7.49. The number of aromatic hydroxyl groups is 2. The van der Waals surface area contributed by atoms with Crippen LogP contribution in [0.25, 0.3) is 22.3 Å². The monoisotopic (exact) mass is 446 g/mol. The largest absolute Gasteiger partial charge is 0.508 e. The van der Waals surface area contributed by atoms with Gasteiger partial charge in [0.2, 0.25) is 0 Å². The minimum atomic E-state index is -1.69. The van der Waals surface area contributed by atoms with Crippen molar-refractivity contribution in [1.29, 1.82) is 0 Å². The van der Waals surface area contributed by atoms with Crippen LogP contribution in [-0.2, 0) is 4.74 Å². The van der Waals surface area contributed by atoms with Gasteiger partial charge in [0, 0.05) is 17.7 Å². The molecule has 2 aromatic carbocycles. The van der Waals surface area contributed by atoms with Gasteiger partial charge in [0.15, 0.2) is 5.43 Å². The molecule has 0 spiro atoms. The molecule has 10 heteroatoms. The molecule has 0 unspecified atom stereocenters. The summed E-state index contributed by atoms with van der Waals surface area (Å²) in [5.41, 5.74) is -0.233. The van der Waals surface area contributed by atoms with E-state index in [0.717, 1.165) is 6.07 Å². The molecule has 32 heavy (non-hydrogen) atoms. The van der Waals surface area contributed by atoms with E-state index in [2.05, 4.69) is 0 Å². The fraction of sp³-hybridized carbons (Fsp3) is 0.318. The summed E-state index contributed by atoms with van der Waals surface area (Å²) in [4.78, 5) is 12.9. The molecule has 0 saturated carbocycles. The van der Waals surface area contributed by atoms with Gasteiger partial charge in [-0.3, -0.25) is 4.79 Å². The molecular formula is C22H22O10. The Morgan fingerprint density at radius 2 is 1.69 bits per heavy atom. The van der Waals surface area contributed by atoms with Crippen LogP contribution in [0.15, 0.2) is 45.6 Å². The Labute approximate surface area is 181 Å². The van der Waals surface area contributed by atoms with Crippen molar-refractivity contribution in [1.82, 2.24) is 0 Å². The van der Waals surface area contributed by atoms with Crippen molar-refractivity contribution in [2.45, 2.75) is 30.5 Å². The van der Waals surface area contributed by atoms with Crippen LogP contribution in [0, 0.1) is 0 Å². The lowest BCUT2D eigenvalue weighted by molar-refractivity contribution is -0.232. The molecule has 0 bridgehead atoms. The van der Waals surface area contributed by atoms with Crippen LogP contribution in [0.2, 0.25) is 0 Å². The Morgan fingerprint density at radius 3 is 2.31 bits per heavy atom. The molecule has 0 amide bonds. The van der Waals surface area contributed by atoms with Gasteiger partial charge in [-0.25, -0.2) is 0 Å². The van der Waals surface area contributed by atoms with E-state index >= 15 is 0 Å². The highest BCUT2D eigenvalue weighted by Gasteiger charge is 2.46. The maximum absolute atomic E-state index is 12.9. The average Bonchev–Trinajstić information content (AvgIpc) is 2.78. The molecule has 0 aliphatic carbocycles. The van der Waals surface area contributed by atoms with E-state index in [1.54, 1.807) is 12.1 Å². The lowest BCUT2D eigenvalue weighted by Gasteiger charge is -2.40. The first-order valence-corrected chi connectivity index (χ1v) is 9.74. The number of phenolic OH excluding ortho intramolecular Hbond substituents is 2. The van der Waals surface area contributed by atoms with E-state index in [0.29, 0.717) is 5.56 Å². The molecule has 10 nitrogen and oxygen atoms in total. The number of rotatable bonds is 4. The summed E-state index contributed by atoms with van der Waals surface area (Å²) in [5, 5.41) is 60.3. The summed E-state index contributed by atoms with van der Waals surface area (Å²) < 4.78 is 16.6. The van der Waals surface area contributed by atoms with Gasteiger partial charge in [0.05, 0.1) is 19.3 Å². The number of phenols is 2. The molecule has 2 heterocycles. The fourth-order valence-electron chi connectivity index (χ4n) is 3.85. The first-order chi connectivity index (χ1) is 15.3. The maximum Gasteiger partial charge on any atom is 0.197 e. The molecule has 1 aliphatic rings. The quantitative estimate of drug-likeness (QED) is 0.330. The van der Waals surface area contributed by atoms with Crippen molar-refractivity contribution in [2.24, 2.45) is 0 Å². The summed E-state index contributed by atoms with van der Waals surface area (Å²) in [5.74, 6) is -0.370. The van der Waals surface area contributed by atoms with E-state index in [4.69, 9.17) is 13.9 Å². The number of ether oxygens (including phenoxy) is 2. The minimum absolute atomic E-state index is 0.00895. The summed E-state index contributed by atoms with van der Waals surface area (Å²) in [6.07, 6.45) is -7.59. The zero-order chi connectivity index (χ0) is 23.2. The molecule has 3 aromatic rings. The molecule has 5 atom stereocenters. The van der Waals surface area contributed by atoms with Crippen LogP contribution in [-0.4, -0.2) is 68.8 Å². The van der Waals surface area contributed by atoms with Gasteiger partial charge in [0.25, 0.3) is 0 Å². The number of hydrogen-bond donors (Lipinski definition) is 6. The first kappa shape index (κ1) is 22.1. The van der Waals surface area contributed by atoms with Gasteiger partial charge in [-0.1, -0.05) is 0 Å². The lowest BCUT2D eigenvalue weighted by Crippen LogP contribution is -2.55. The second kappa shape index (κ2) is 8.41. The Balaban J connectivity index is 1.89. The molecule has 4 rings (SSSR count). The molecule has 1 aliphatic heterocycles. The standard InChI is InChI=1S/C22H22O10/c1-30-13-7-14-16(11(25)6-12(31-14)9-2-4-10(24)5-3-9)19(27)17(13)22-21(29)20(28)18(26)15(8-23)32-22/h2-7,15,18,20-24,26-29H,8H2,1H3/t15-,18+,20-,21+,22-/m0/s1. The van der Waals surface area contributed by atoms with Crippen LogP contribution in [0.1, 0.15) is 11.7 Å². The lowest BCUT2D eigenvalue weighted by atomic mass is 9.89. The average molecular weight is 446 g/mol. The number of aliphatic hydroxyl groups excluding tert-OH is 4. The molecule has 170 valence electrons. The van der Waals surface area contributed by atoms with Gasteiger partial charge >= 0.3 is 0 Å². The Kier molecular flexibility index (Phi) is 5.80. The second-order valence-electron chi connectivity index (χ2n) is 7.49. The zero-order valence-electron chi connectivity index (χ0n) is 16.9. The molecule has 1 fully saturated rings. The van der Waals surface area contributed by atoms with E-state index in [1.165, 1.54) is 25.3 Å². The smallest absolute Gasteiger partial charge is 0.197 e. The van der Waals surface area contributed by atoms with Crippen molar-refractivity contribution in [2.75, 3.05) is 13.7 Å². The predicted molar refractivity (Wildman–Crippen MR) is 111 cm³/mol. The van der Waals surface area contributed by atoms with Crippen molar-refractivity contribution in [3.8, 4) is 28.6 Å². The summed E-state index contributed by atoms with van der Waals surface area (Å²) in [6.45, 7) is -0.657. The SMILES string of the molecule is COc1cc2oc(-c3ccc(O)cc3)cc(=O)c2c(O)c1[C@@H]1O[C@@H](CO)[C@@H](O)[C@H](O)[C@H]1O. The number of fused-ring (bicyclic) bond motifs is 1. The van der Waals surface area contributed by atoms with Crippen molar-refractivity contribution in [3.63, 3.8) is 0 Å². The summed E-state index contributed by atoms with van der Waals surface area (Å²) >= 11 is 0. The Morgan fingerprint density at radius 1 is 1.00 bits per heavy atom. The first-order valence-electron chi connectivity index (χ1n) is 9.74. The van der Waals surface area contributed by atoms with E-state index < -0.39 is 48.3 Å². The molecule has 0 radical (unpaired) electrons. The molecule has 1 aromatic heterocycles. The zero-order valence-corrected chi connectivity index (χ0v) is 16.9. The van der Waals surface area contributed by atoms with Crippen LogP contribution >= 0.6 is 0 Å². The Bertz CT molecular complexity index is 1180. The van der Waals surface area contributed by atoms with E-state index in [-0.39, 0.29) is 33.8 Å². The van der Waals surface area contributed by atoms with Crippen LogP contribution in [0.3, 0.4) is 0 Å². The van der Waals surface area contributed by atoms with Crippen molar-refractivity contribution < 1.29 is 44.5 Å². The van der Waals surface area contributed by atoms with Gasteiger partial charge in [-0.2, -0.15) is 0 Å². The van der Waals surface area contributed by atoms with Crippen LogP contribution < -0.4 is 10.2 Å². The Hall–Kier alpha value is -3.15. The third kappa shape index (κ3) is 3.57. The molecule has 1 saturated heterocycles. The summed E-state index contributed by atoms with van der Waals surface area (Å²) in [7, 11) is 1.29. The van der Waals surface area contributed by atoms with Gasteiger partial charge in [-0.05, 0) is 24.3 Å². The molecule has 6 N–H and O–H groups in total. The highest BCUT2D eigenvalue weighted by molar-refractivity contribution is 5.88. The number of aliphatic hydroxyl groups is 4. The maximum atomic E-state index is 12.9. The summed E-state index contributed by atoms with van der Waals surface area (Å²) in [6, 6.07) is 8.46. The topological polar surface area (TPSA) is 170 Å². The van der Waals surface area contributed by atoms with Crippen molar-refractivity contribution in [3.05, 3.63) is 52.2 Å². The van der Waals surface area contributed by atoms with Crippen LogP contribution in [0.4, 0.5) is 0 Å². The number of hydrogen-bond acceptors (Lipinski definition) is 10. The number of benzene rings is 2. The van der Waals surface area contributed by atoms with E-state index in [9.17, 15) is 35.4 Å². The van der Waals surface area contributed by atoms with E-state index in [1.807, 2.05) is 0 Å². The van der Waals surface area contributed by atoms with Gasteiger partial charge < -0.3 is 44.5 Å². The fourth-order valence-corrected chi connectivity index (χ4v) is 3.85. The normalized spacial score (nSPS) is 25.7. The highest BCUT2D eigenvalue weighted by Crippen LogP contribution is 2.45. The van der Waals surface area contributed by atoms with Crippen LogP contribution in [0.5, 0.6) is 17.2 Å². The predicted octanol–water partition coefficient (Wildman–Crippen LogP) is 0.395. The van der Waals surface area contributed by atoms with Gasteiger partial charge in [0.1, 0.15) is 64.5 Å². The third-order valence-corrected chi connectivity index (χ3v) is 5.54. The number of methoxy groups -OCH3 is 1. The minimum Gasteiger partial charge on any atom is -0.508 e.